The average Bonchev–Trinajstić information content (AvgIpc) is 2.80. The predicted octanol–water partition coefficient (Wildman–Crippen LogP) is -0.407. The van der Waals surface area contributed by atoms with Crippen molar-refractivity contribution in [2.45, 2.75) is 57.3 Å². The second kappa shape index (κ2) is 15.2. The van der Waals surface area contributed by atoms with Crippen LogP contribution in [0.1, 0.15) is 32.3 Å². The number of hydrogen-bond acceptors (Lipinski definition) is 8. The summed E-state index contributed by atoms with van der Waals surface area (Å²) in [5.41, 5.74) is 6.40. The molecule has 0 heterocycles. The summed E-state index contributed by atoms with van der Waals surface area (Å²) in [5.74, 6) is -2.74. The van der Waals surface area contributed by atoms with Crippen molar-refractivity contribution < 1.29 is 34.5 Å². The average molecular weight is 513 g/mol. The zero-order valence-electron chi connectivity index (χ0n) is 20.2. The van der Waals surface area contributed by atoms with Crippen molar-refractivity contribution in [1.29, 1.82) is 0 Å². The SMILES string of the molecule is CSCCC(N)C(=O)NC(CO)C(=O)NC(Cc1ccc(O)cc1)C(=O)NC(CC(C)C)C(=O)O. The van der Waals surface area contributed by atoms with Gasteiger partial charge in [0.1, 0.15) is 23.9 Å². The normalized spacial score (nSPS) is 14.5. The number of thioether (sulfide) groups is 1. The Morgan fingerprint density at radius 2 is 1.49 bits per heavy atom. The van der Waals surface area contributed by atoms with Gasteiger partial charge >= 0.3 is 5.97 Å². The number of carboxylic acids is 1. The van der Waals surface area contributed by atoms with Gasteiger partial charge in [-0.15, -0.1) is 0 Å². The summed E-state index contributed by atoms with van der Waals surface area (Å²) in [6.07, 6.45) is 2.41. The Morgan fingerprint density at radius 3 is 2.00 bits per heavy atom. The Bertz CT molecular complexity index is 851. The van der Waals surface area contributed by atoms with Crippen LogP contribution in [0.15, 0.2) is 24.3 Å². The molecule has 8 N–H and O–H groups in total. The first kappa shape index (κ1) is 30.2. The molecule has 0 spiro atoms. The molecule has 196 valence electrons. The third-order valence-corrected chi connectivity index (χ3v) is 5.76. The Hall–Kier alpha value is -2.83. The molecule has 1 rings (SSSR count). The van der Waals surface area contributed by atoms with E-state index in [1.54, 1.807) is 12.1 Å². The number of carbonyl (C=O) groups excluding carboxylic acids is 3. The fourth-order valence-electron chi connectivity index (χ4n) is 3.16. The Labute approximate surface area is 209 Å². The summed E-state index contributed by atoms with van der Waals surface area (Å²) in [6.45, 7) is 2.90. The number of hydrogen-bond donors (Lipinski definition) is 7. The van der Waals surface area contributed by atoms with Gasteiger partial charge in [0.15, 0.2) is 0 Å². The molecule has 0 bridgehead atoms. The molecule has 0 aromatic heterocycles. The molecule has 1 aromatic rings. The summed E-state index contributed by atoms with van der Waals surface area (Å²) >= 11 is 1.51. The van der Waals surface area contributed by atoms with Crippen LogP contribution >= 0.6 is 11.8 Å². The van der Waals surface area contributed by atoms with Crippen LogP contribution in [0.25, 0.3) is 0 Å². The van der Waals surface area contributed by atoms with Gasteiger partial charge in [-0.3, -0.25) is 14.4 Å². The van der Waals surface area contributed by atoms with Crippen LogP contribution in [0.3, 0.4) is 0 Å². The first-order chi connectivity index (χ1) is 16.5. The largest absolute Gasteiger partial charge is 0.508 e. The number of phenolic OH excluding ortho intramolecular Hbond substituents is 1. The molecule has 1 aromatic carbocycles. The van der Waals surface area contributed by atoms with Crippen molar-refractivity contribution in [3.63, 3.8) is 0 Å². The molecule has 11 nitrogen and oxygen atoms in total. The van der Waals surface area contributed by atoms with Gasteiger partial charge in [-0.1, -0.05) is 26.0 Å². The molecular formula is C23H36N4O7S. The van der Waals surface area contributed by atoms with Crippen LogP contribution in [-0.2, 0) is 25.6 Å². The van der Waals surface area contributed by atoms with Gasteiger partial charge in [-0.25, -0.2) is 4.79 Å². The number of aliphatic hydroxyl groups is 1. The summed E-state index contributed by atoms with van der Waals surface area (Å²) in [6, 6.07) is 1.34. The van der Waals surface area contributed by atoms with Gasteiger partial charge < -0.3 is 37.0 Å². The number of aromatic hydroxyl groups is 1. The number of carbonyl (C=O) groups is 4. The Morgan fingerprint density at radius 1 is 0.943 bits per heavy atom. The molecule has 4 unspecified atom stereocenters. The molecule has 0 saturated carbocycles. The van der Waals surface area contributed by atoms with Crippen molar-refractivity contribution in [1.82, 2.24) is 16.0 Å². The van der Waals surface area contributed by atoms with Crippen molar-refractivity contribution >= 4 is 35.5 Å². The Kier molecular flexibility index (Phi) is 13.1. The van der Waals surface area contributed by atoms with Gasteiger partial charge in [0.2, 0.25) is 17.7 Å². The molecule has 35 heavy (non-hydrogen) atoms. The minimum Gasteiger partial charge on any atom is -0.508 e. The Balaban J connectivity index is 3.02. The molecule has 3 amide bonds. The summed E-state index contributed by atoms with van der Waals surface area (Å²) < 4.78 is 0. The highest BCUT2D eigenvalue weighted by Crippen LogP contribution is 2.12. The van der Waals surface area contributed by atoms with E-state index >= 15 is 0 Å². The van der Waals surface area contributed by atoms with Crippen LogP contribution in [0.5, 0.6) is 5.75 Å². The molecule has 0 aliphatic rings. The maximum atomic E-state index is 13.0. The van der Waals surface area contributed by atoms with Crippen LogP contribution in [-0.4, -0.2) is 81.8 Å². The van der Waals surface area contributed by atoms with E-state index < -0.39 is 54.5 Å². The quantitative estimate of drug-likeness (QED) is 0.164. The number of nitrogens with two attached hydrogens (primary N) is 1. The molecule has 4 atom stereocenters. The highest BCUT2D eigenvalue weighted by Gasteiger charge is 2.30. The molecule has 12 heteroatoms. The topological polar surface area (TPSA) is 191 Å². The number of phenols is 1. The lowest BCUT2D eigenvalue weighted by atomic mass is 10.0. The lowest BCUT2D eigenvalue weighted by molar-refractivity contribution is -0.142. The second-order valence-corrected chi connectivity index (χ2v) is 9.58. The molecule has 0 aliphatic carbocycles. The number of nitrogens with one attached hydrogen (secondary N) is 3. The monoisotopic (exact) mass is 512 g/mol. The minimum absolute atomic E-state index is 0.00848. The van der Waals surface area contributed by atoms with Gasteiger partial charge in [0.25, 0.3) is 0 Å². The maximum Gasteiger partial charge on any atom is 0.326 e. The number of rotatable bonds is 15. The van der Waals surface area contributed by atoms with Crippen molar-refractivity contribution in [2.24, 2.45) is 11.7 Å². The van der Waals surface area contributed by atoms with E-state index in [4.69, 9.17) is 5.73 Å². The highest BCUT2D eigenvalue weighted by atomic mass is 32.2. The minimum atomic E-state index is -1.36. The van der Waals surface area contributed by atoms with E-state index in [0.717, 1.165) is 0 Å². The number of aliphatic carboxylic acids is 1. The van der Waals surface area contributed by atoms with Crippen molar-refractivity contribution in [3.8, 4) is 5.75 Å². The smallest absolute Gasteiger partial charge is 0.326 e. The van der Waals surface area contributed by atoms with Gasteiger partial charge in [0, 0.05) is 6.42 Å². The summed E-state index contributed by atoms with van der Waals surface area (Å²) in [7, 11) is 0. The maximum absolute atomic E-state index is 13.0. The standard InChI is InChI=1S/C23H36N4O7S/c1-13(2)10-18(23(33)34)26-21(31)17(11-14-4-6-15(29)7-5-14)25-22(32)19(12-28)27-20(30)16(24)8-9-35-3/h4-7,13,16-19,28-29H,8-12,24H2,1-3H3,(H,25,32)(H,26,31)(H,27,30)(H,33,34). The van der Waals surface area contributed by atoms with Crippen LogP contribution in [0, 0.1) is 5.92 Å². The second-order valence-electron chi connectivity index (χ2n) is 8.59. The van der Waals surface area contributed by atoms with E-state index in [1.165, 1.54) is 23.9 Å². The zero-order valence-corrected chi connectivity index (χ0v) is 21.0. The third kappa shape index (κ3) is 11.0. The molecule has 0 aliphatic heterocycles. The lowest BCUT2D eigenvalue weighted by Gasteiger charge is -2.25. The van der Waals surface area contributed by atoms with E-state index in [-0.39, 0.29) is 24.5 Å². The number of amides is 3. The lowest BCUT2D eigenvalue weighted by Crippen LogP contribution is -2.58. The van der Waals surface area contributed by atoms with Crippen molar-refractivity contribution in [3.05, 3.63) is 29.8 Å². The van der Waals surface area contributed by atoms with E-state index in [9.17, 15) is 34.5 Å². The van der Waals surface area contributed by atoms with Crippen molar-refractivity contribution in [2.75, 3.05) is 18.6 Å². The fraction of sp³-hybridized carbons (Fsp3) is 0.565. The fourth-order valence-corrected chi connectivity index (χ4v) is 3.65. The van der Waals surface area contributed by atoms with Gasteiger partial charge in [-0.2, -0.15) is 11.8 Å². The van der Waals surface area contributed by atoms with Crippen LogP contribution in [0.2, 0.25) is 0 Å². The highest BCUT2D eigenvalue weighted by molar-refractivity contribution is 7.98. The first-order valence-corrected chi connectivity index (χ1v) is 12.6. The summed E-state index contributed by atoms with van der Waals surface area (Å²) in [5, 5.41) is 36.0. The molecule has 0 fully saturated rings. The predicted molar refractivity (Wildman–Crippen MR) is 133 cm³/mol. The number of carboxylic acid groups (broad SMARTS) is 1. The number of aliphatic hydroxyl groups excluding tert-OH is 1. The zero-order chi connectivity index (χ0) is 26.5. The first-order valence-electron chi connectivity index (χ1n) is 11.3. The van der Waals surface area contributed by atoms with Crippen LogP contribution < -0.4 is 21.7 Å². The van der Waals surface area contributed by atoms with E-state index in [0.29, 0.717) is 17.7 Å². The molecule has 0 saturated heterocycles. The van der Waals surface area contributed by atoms with Gasteiger partial charge in [-0.05, 0) is 48.5 Å². The third-order valence-electron chi connectivity index (χ3n) is 5.12. The van der Waals surface area contributed by atoms with Crippen LogP contribution in [0.4, 0.5) is 0 Å². The van der Waals surface area contributed by atoms with E-state index in [1.807, 2.05) is 20.1 Å². The van der Waals surface area contributed by atoms with E-state index in [2.05, 4.69) is 16.0 Å². The van der Waals surface area contributed by atoms with Gasteiger partial charge in [0.05, 0.1) is 12.6 Å². The summed E-state index contributed by atoms with van der Waals surface area (Å²) in [4.78, 5) is 49.7. The molecular weight excluding hydrogens is 476 g/mol. The number of benzene rings is 1. The molecule has 0 radical (unpaired) electrons.